The van der Waals surface area contributed by atoms with Crippen molar-refractivity contribution >= 4 is 17.9 Å². The SMILES string of the molecule is CN(C)C1CCCN(C(=O)NC(CC(N)=O)C(=O)O)C1. The monoisotopic (exact) mass is 286 g/mol. The van der Waals surface area contributed by atoms with Crippen LogP contribution in [0.3, 0.4) is 0 Å². The van der Waals surface area contributed by atoms with E-state index in [0.29, 0.717) is 13.1 Å². The number of nitrogens with two attached hydrogens (primary N) is 1. The smallest absolute Gasteiger partial charge is 0.326 e. The van der Waals surface area contributed by atoms with Crippen molar-refractivity contribution < 1.29 is 19.5 Å². The summed E-state index contributed by atoms with van der Waals surface area (Å²) >= 11 is 0. The molecule has 3 amide bonds. The first kappa shape index (κ1) is 16.2. The Morgan fingerprint density at radius 3 is 2.60 bits per heavy atom. The van der Waals surface area contributed by atoms with Crippen LogP contribution < -0.4 is 11.1 Å². The number of nitrogens with zero attached hydrogens (tertiary/aromatic N) is 2. The number of urea groups is 1. The highest BCUT2D eigenvalue weighted by Gasteiger charge is 2.28. The number of hydrogen-bond donors (Lipinski definition) is 3. The highest BCUT2D eigenvalue weighted by Crippen LogP contribution is 2.13. The predicted octanol–water partition coefficient (Wildman–Crippen LogP) is -0.949. The van der Waals surface area contributed by atoms with Gasteiger partial charge in [0.1, 0.15) is 6.04 Å². The van der Waals surface area contributed by atoms with Crippen LogP contribution in [-0.4, -0.2) is 72.1 Å². The van der Waals surface area contributed by atoms with Crippen molar-refractivity contribution in [1.29, 1.82) is 0 Å². The van der Waals surface area contributed by atoms with Crippen molar-refractivity contribution in [2.75, 3.05) is 27.2 Å². The number of amides is 3. The zero-order valence-electron chi connectivity index (χ0n) is 11.8. The molecule has 1 fully saturated rings. The van der Waals surface area contributed by atoms with Crippen LogP contribution in [0.2, 0.25) is 0 Å². The standard InChI is InChI=1S/C12H22N4O4/c1-15(2)8-4-3-5-16(7-8)12(20)14-9(11(18)19)6-10(13)17/h8-9H,3-7H2,1-2H3,(H2,13,17)(H,14,20)(H,18,19). The van der Waals surface area contributed by atoms with Gasteiger partial charge in [-0.3, -0.25) is 4.79 Å². The molecule has 0 aliphatic carbocycles. The van der Waals surface area contributed by atoms with E-state index in [9.17, 15) is 14.4 Å². The molecule has 0 saturated carbocycles. The Morgan fingerprint density at radius 2 is 2.10 bits per heavy atom. The minimum Gasteiger partial charge on any atom is -0.480 e. The van der Waals surface area contributed by atoms with Gasteiger partial charge < -0.3 is 26.0 Å². The lowest BCUT2D eigenvalue weighted by molar-refractivity contribution is -0.141. The van der Waals surface area contributed by atoms with Gasteiger partial charge in [0, 0.05) is 19.1 Å². The van der Waals surface area contributed by atoms with Gasteiger partial charge in [0.05, 0.1) is 6.42 Å². The van der Waals surface area contributed by atoms with Crippen LogP contribution in [0.1, 0.15) is 19.3 Å². The molecule has 0 spiro atoms. The number of nitrogens with one attached hydrogen (secondary N) is 1. The summed E-state index contributed by atoms with van der Waals surface area (Å²) in [5.41, 5.74) is 4.97. The molecule has 1 aliphatic heterocycles. The van der Waals surface area contributed by atoms with E-state index >= 15 is 0 Å². The molecule has 1 heterocycles. The molecule has 2 unspecified atom stereocenters. The minimum absolute atomic E-state index is 0.258. The minimum atomic E-state index is -1.28. The molecule has 1 saturated heterocycles. The van der Waals surface area contributed by atoms with E-state index in [-0.39, 0.29) is 6.04 Å². The Kier molecular flexibility index (Phi) is 5.75. The quantitative estimate of drug-likeness (QED) is 0.602. The van der Waals surface area contributed by atoms with Gasteiger partial charge in [-0.2, -0.15) is 0 Å². The normalized spacial score (nSPS) is 20.6. The van der Waals surface area contributed by atoms with Gasteiger partial charge in [-0.05, 0) is 26.9 Å². The summed E-state index contributed by atoms with van der Waals surface area (Å²) in [4.78, 5) is 37.4. The Morgan fingerprint density at radius 1 is 1.45 bits per heavy atom. The number of carboxylic acid groups (broad SMARTS) is 1. The summed E-state index contributed by atoms with van der Waals surface area (Å²) in [6.07, 6.45) is 1.45. The summed E-state index contributed by atoms with van der Waals surface area (Å²) < 4.78 is 0. The van der Waals surface area contributed by atoms with Crippen LogP contribution >= 0.6 is 0 Å². The first-order chi connectivity index (χ1) is 9.31. The number of rotatable bonds is 5. The van der Waals surface area contributed by atoms with Crippen molar-refractivity contribution in [3.05, 3.63) is 0 Å². The molecular formula is C12H22N4O4. The summed E-state index contributed by atoms with van der Waals surface area (Å²) in [6, 6.07) is -1.49. The maximum Gasteiger partial charge on any atom is 0.326 e. The van der Waals surface area contributed by atoms with Gasteiger partial charge in [0.2, 0.25) is 5.91 Å². The molecule has 0 aromatic rings. The fraction of sp³-hybridized carbons (Fsp3) is 0.750. The Balaban J connectivity index is 2.59. The number of likely N-dealkylation sites (tertiary alicyclic amines) is 1. The fourth-order valence-corrected chi connectivity index (χ4v) is 2.20. The molecule has 1 aliphatic rings. The first-order valence-corrected chi connectivity index (χ1v) is 6.54. The number of carbonyl (C=O) groups is 3. The second-order valence-electron chi connectivity index (χ2n) is 5.22. The van der Waals surface area contributed by atoms with Crippen molar-refractivity contribution in [3.8, 4) is 0 Å². The number of likely N-dealkylation sites (N-methyl/N-ethyl adjacent to an activating group) is 1. The zero-order valence-corrected chi connectivity index (χ0v) is 11.8. The van der Waals surface area contributed by atoms with Crippen LogP contribution in [0.25, 0.3) is 0 Å². The van der Waals surface area contributed by atoms with E-state index in [1.165, 1.54) is 0 Å². The summed E-state index contributed by atoms with van der Waals surface area (Å²) in [6.45, 7) is 1.13. The van der Waals surface area contributed by atoms with Crippen molar-refractivity contribution in [3.63, 3.8) is 0 Å². The maximum atomic E-state index is 12.0. The number of carboxylic acids is 1. The molecule has 8 heteroatoms. The molecule has 4 N–H and O–H groups in total. The average molecular weight is 286 g/mol. The number of carbonyl (C=O) groups excluding carboxylic acids is 2. The Bertz CT molecular complexity index is 386. The molecule has 2 atom stereocenters. The van der Waals surface area contributed by atoms with Gasteiger partial charge in [0.15, 0.2) is 0 Å². The van der Waals surface area contributed by atoms with E-state index in [2.05, 4.69) is 5.32 Å². The van der Waals surface area contributed by atoms with Gasteiger partial charge in [0.25, 0.3) is 0 Å². The first-order valence-electron chi connectivity index (χ1n) is 6.54. The number of piperidine rings is 1. The lowest BCUT2D eigenvalue weighted by Crippen LogP contribution is -2.54. The third kappa shape index (κ3) is 4.69. The number of aliphatic carboxylic acids is 1. The van der Waals surface area contributed by atoms with Crippen LogP contribution in [0.5, 0.6) is 0 Å². The fourth-order valence-electron chi connectivity index (χ4n) is 2.20. The molecule has 0 aromatic heterocycles. The average Bonchev–Trinajstić information content (AvgIpc) is 2.37. The molecular weight excluding hydrogens is 264 g/mol. The van der Waals surface area contributed by atoms with Crippen molar-refractivity contribution in [1.82, 2.24) is 15.1 Å². The topological polar surface area (TPSA) is 116 Å². The summed E-state index contributed by atoms with van der Waals surface area (Å²) in [5, 5.41) is 11.3. The van der Waals surface area contributed by atoms with E-state index < -0.39 is 30.4 Å². The van der Waals surface area contributed by atoms with Crippen LogP contribution in [0.4, 0.5) is 4.79 Å². The zero-order chi connectivity index (χ0) is 15.3. The molecule has 0 bridgehead atoms. The summed E-state index contributed by atoms with van der Waals surface area (Å²) in [7, 11) is 3.89. The third-order valence-electron chi connectivity index (χ3n) is 3.42. The molecule has 0 aromatic carbocycles. The highest BCUT2D eigenvalue weighted by atomic mass is 16.4. The molecule has 1 rings (SSSR count). The second-order valence-corrected chi connectivity index (χ2v) is 5.22. The molecule has 0 radical (unpaired) electrons. The molecule has 20 heavy (non-hydrogen) atoms. The Labute approximate surface area is 117 Å². The van der Waals surface area contributed by atoms with E-state index in [0.717, 1.165) is 12.8 Å². The highest BCUT2D eigenvalue weighted by molar-refractivity contribution is 5.87. The van der Waals surface area contributed by atoms with E-state index in [1.54, 1.807) is 4.90 Å². The van der Waals surface area contributed by atoms with E-state index in [1.807, 2.05) is 19.0 Å². The van der Waals surface area contributed by atoms with Gasteiger partial charge >= 0.3 is 12.0 Å². The number of hydrogen-bond acceptors (Lipinski definition) is 4. The Hall–Kier alpha value is -1.83. The third-order valence-corrected chi connectivity index (χ3v) is 3.42. The largest absolute Gasteiger partial charge is 0.480 e. The van der Waals surface area contributed by atoms with E-state index in [4.69, 9.17) is 10.8 Å². The van der Waals surface area contributed by atoms with Crippen LogP contribution in [-0.2, 0) is 9.59 Å². The lowest BCUT2D eigenvalue weighted by Gasteiger charge is -2.36. The number of primary amides is 1. The molecule has 8 nitrogen and oxygen atoms in total. The predicted molar refractivity (Wildman–Crippen MR) is 72.0 cm³/mol. The van der Waals surface area contributed by atoms with Crippen molar-refractivity contribution in [2.24, 2.45) is 5.73 Å². The van der Waals surface area contributed by atoms with Crippen LogP contribution in [0, 0.1) is 0 Å². The maximum absolute atomic E-state index is 12.0. The van der Waals surface area contributed by atoms with Gasteiger partial charge in [-0.1, -0.05) is 0 Å². The van der Waals surface area contributed by atoms with Crippen molar-refractivity contribution in [2.45, 2.75) is 31.3 Å². The van der Waals surface area contributed by atoms with Crippen LogP contribution in [0.15, 0.2) is 0 Å². The second kappa shape index (κ2) is 7.09. The lowest BCUT2D eigenvalue weighted by atomic mass is 10.1. The molecule has 114 valence electrons. The van der Waals surface area contributed by atoms with Gasteiger partial charge in [-0.25, -0.2) is 9.59 Å². The van der Waals surface area contributed by atoms with Gasteiger partial charge in [-0.15, -0.1) is 0 Å². The summed E-state index contributed by atoms with van der Waals surface area (Å²) in [5.74, 6) is -2.03.